The van der Waals surface area contributed by atoms with Gasteiger partial charge in [0.05, 0.1) is 6.04 Å². The molecular formula is C19H29N3O2. The molecule has 1 fully saturated rings. The lowest BCUT2D eigenvalue weighted by Gasteiger charge is -2.36. The molecule has 5 heteroatoms. The van der Waals surface area contributed by atoms with Gasteiger partial charge in [0, 0.05) is 7.05 Å². The third-order valence-electron chi connectivity index (χ3n) is 4.97. The third kappa shape index (κ3) is 4.08. The van der Waals surface area contributed by atoms with E-state index in [9.17, 15) is 9.59 Å². The number of likely N-dealkylation sites (N-methyl/N-ethyl adjacent to an activating group) is 1. The molecule has 0 bridgehead atoms. The molecule has 1 saturated carbocycles. The first kappa shape index (κ1) is 18.3. The first-order valence-corrected chi connectivity index (χ1v) is 8.76. The highest BCUT2D eigenvalue weighted by Crippen LogP contribution is 2.28. The van der Waals surface area contributed by atoms with Gasteiger partial charge >= 0.3 is 6.03 Å². The van der Waals surface area contributed by atoms with Crippen molar-refractivity contribution in [3.63, 3.8) is 0 Å². The van der Waals surface area contributed by atoms with Crippen LogP contribution in [-0.4, -0.2) is 24.5 Å². The molecule has 132 valence electrons. The molecule has 1 aromatic carbocycles. The highest BCUT2D eigenvalue weighted by molar-refractivity contribution is 5.91. The molecule has 3 amide bonds. The summed E-state index contributed by atoms with van der Waals surface area (Å²) in [5.74, 6) is -0.100. The molecule has 0 aromatic heterocycles. The second kappa shape index (κ2) is 7.69. The molecule has 24 heavy (non-hydrogen) atoms. The van der Waals surface area contributed by atoms with Gasteiger partial charge in [-0.1, -0.05) is 43.0 Å². The molecule has 0 saturated heterocycles. The topological polar surface area (TPSA) is 70.2 Å². The molecule has 0 heterocycles. The van der Waals surface area contributed by atoms with Crippen LogP contribution in [0.5, 0.6) is 0 Å². The first-order chi connectivity index (χ1) is 11.4. The fraction of sp³-hybridized carbons (Fsp3) is 0.579. The fourth-order valence-corrected chi connectivity index (χ4v) is 3.56. The second-order valence-electron chi connectivity index (χ2n) is 6.90. The van der Waals surface area contributed by atoms with Crippen LogP contribution >= 0.6 is 0 Å². The predicted molar refractivity (Wildman–Crippen MR) is 95.9 cm³/mol. The van der Waals surface area contributed by atoms with Crippen LogP contribution in [0.4, 0.5) is 4.79 Å². The minimum atomic E-state index is -0.779. The average molecular weight is 331 g/mol. The summed E-state index contributed by atoms with van der Waals surface area (Å²) in [6, 6.07) is 5.82. The van der Waals surface area contributed by atoms with Crippen molar-refractivity contribution in [3.05, 3.63) is 34.9 Å². The van der Waals surface area contributed by atoms with Gasteiger partial charge in [-0.2, -0.15) is 0 Å². The summed E-state index contributed by atoms with van der Waals surface area (Å²) in [5.41, 5.74) is 2.63. The molecule has 1 aromatic rings. The molecule has 2 rings (SSSR count). The minimum absolute atomic E-state index is 0.100. The van der Waals surface area contributed by atoms with E-state index in [-0.39, 0.29) is 18.0 Å². The van der Waals surface area contributed by atoms with Gasteiger partial charge in [-0.25, -0.2) is 4.79 Å². The zero-order valence-corrected chi connectivity index (χ0v) is 15.2. The average Bonchev–Trinajstić information content (AvgIpc) is 2.56. The van der Waals surface area contributed by atoms with Crippen LogP contribution in [0.3, 0.4) is 0 Å². The summed E-state index contributed by atoms with van der Waals surface area (Å²) < 4.78 is 0. The molecule has 3 N–H and O–H groups in total. The number of carbonyl (C=O) groups is 2. The van der Waals surface area contributed by atoms with E-state index in [1.807, 2.05) is 20.8 Å². The number of aryl methyl sites for hydroxylation is 2. The molecule has 1 aliphatic rings. The van der Waals surface area contributed by atoms with E-state index in [1.54, 1.807) is 7.05 Å². The van der Waals surface area contributed by atoms with Crippen molar-refractivity contribution in [1.29, 1.82) is 0 Å². The van der Waals surface area contributed by atoms with Crippen LogP contribution in [0.25, 0.3) is 0 Å². The van der Waals surface area contributed by atoms with Gasteiger partial charge in [-0.15, -0.1) is 0 Å². The van der Waals surface area contributed by atoms with Crippen molar-refractivity contribution < 1.29 is 9.59 Å². The zero-order chi connectivity index (χ0) is 17.7. The van der Waals surface area contributed by atoms with Crippen molar-refractivity contribution in [2.75, 3.05) is 7.05 Å². The number of urea groups is 1. The van der Waals surface area contributed by atoms with Gasteiger partial charge in [-0.05, 0) is 44.7 Å². The van der Waals surface area contributed by atoms with Gasteiger partial charge in [0.2, 0.25) is 5.91 Å². The largest absolute Gasteiger partial charge is 0.357 e. The Morgan fingerprint density at radius 2 is 1.79 bits per heavy atom. The lowest BCUT2D eigenvalue weighted by atomic mass is 9.81. The number of amides is 3. The normalized spacial score (nSPS) is 17.7. The van der Waals surface area contributed by atoms with Crippen molar-refractivity contribution in [2.45, 2.75) is 64.5 Å². The maximum absolute atomic E-state index is 12.5. The molecule has 0 unspecified atom stereocenters. The van der Waals surface area contributed by atoms with E-state index in [4.69, 9.17) is 0 Å². The summed E-state index contributed by atoms with van der Waals surface area (Å²) in [6.07, 6.45) is 4.41. The molecule has 1 aliphatic carbocycles. The maximum Gasteiger partial charge on any atom is 0.316 e. The van der Waals surface area contributed by atoms with Gasteiger partial charge in [0.25, 0.3) is 0 Å². The van der Waals surface area contributed by atoms with Crippen LogP contribution < -0.4 is 16.0 Å². The summed E-state index contributed by atoms with van der Waals surface area (Å²) in [4.78, 5) is 24.8. The number of rotatable bonds is 4. The molecule has 0 aliphatic heterocycles. The SMILES string of the molecule is CNC(=O)C1(NC(=O)N[C@@H](C)c2cc(C)ccc2C)CCCCC1. The number of benzene rings is 1. The lowest BCUT2D eigenvalue weighted by Crippen LogP contribution is -2.61. The van der Waals surface area contributed by atoms with Crippen LogP contribution in [-0.2, 0) is 4.79 Å². The highest BCUT2D eigenvalue weighted by atomic mass is 16.2. The van der Waals surface area contributed by atoms with E-state index < -0.39 is 5.54 Å². The minimum Gasteiger partial charge on any atom is -0.357 e. The summed E-state index contributed by atoms with van der Waals surface area (Å²) in [6.45, 7) is 6.05. The quantitative estimate of drug-likeness (QED) is 0.793. The standard InChI is InChI=1S/C19H29N3O2/c1-13-8-9-14(2)16(12-13)15(3)21-18(24)22-19(17(23)20-4)10-6-5-7-11-19/h8-9,12,15H,5-7,10-11H2,1-4H3,(H,20,23)(H2,21,22,24)/t15-/m0/s1. The number of hydrogen-bond acceptors (Lipinski definition) is 2. The number of nitrogens with one attached hydrogen (secondary N) is 3. The van der Waals surface area contributed by atoms with Gasteiger partial charge in [-0.3, -0.25) is 4.79 Å². The smallest absolute Gasteiger partial charge is 0.316 e. The Bertz CT molecular complexity index is 607. The Morgan fingerprint density at radius 3 is 2.42 bits per heavy atom. The summed E-state index contributed by atoms with van der Waals surface area (Å²) in [5, 5.41) is 8.64. The van der Waals surface area contributed by atoms with E-state index in [0.717, 1.165) is 30.4 Å². The Hall–Kier alpha value is -2.04. The maximum atomic E-state index is 12.5. The van der Waals surface area contributed by atoms with Crippen molar-refractivity contribution in [3.8, 4) is 0 Å². The van der Waals surface area contributed by atoms with Crippen LogP contribution in [0.2, 0.25) is 0 Å². The molecule has 0 spiro atoms. The Kier molecular flexibility index (Phi) is 5.86. The van der Waals surface area contributed by atoms with E-state index in [2.05, 4.69) is 34.1 Å². The summed E-state index contributed by atoms with van der Waals surface area (Å²) in [7, 11) is 1.62. The van der Waals surface area contributed by atoms with Crippen molar-refractivity contribution >= 4 is 11.9 Å². The van der Waals surface area contributed by atoms with Crippen molar-refractivity contribution in [2.24, 2.45) is 0 Å². The van der Waals surface area contributed by atoms with Crippen LogP contribution in [0, 0.1) is 13.8 Å². The number of carbonyl (C=O) groups excluding carboxylic acids is 2. The van der Waals surface area contributed by atoms with Crippen LogP contribution in [0.1, 0.15) is 61.8 Å². The first-order valence-electron chi connectivity index (χ1n) is 8.76. The van der Waals surface area contributed by atoms with Crippen molar-refractivity contribution in [1.82, 2.24) is 16.0 Å². The molecule has 5 nitrogen and oxygen atoms in total. The fourth-order valence-electron chi connectivity index (χ4n) is 3.56. The Balaban J connectivity index is 2.08. The molecule has 0 radical (unpaired) electrons. The second-order valence-corrected chi connectivity index (χ2v) is 6.90. The van der Waals surface area contributed by atoms with Crippen LogP contribution in [0.15, 0.2) is 18.2 Å². The zero-order valence-electron chi connectivity index (χ0n) is 15.2. The Labute approximate surface area is 144 Å². The monoisotopic (exact) mass is 331 g/mol. The Morgan fingerprint density at radius 1 is 1.12 bits per heavy atom. The third-order valence-corrected chi connectivity index (χ3v) is 4.97. The predicted octanol–water partition coefficient (Wildman–Crippen LogP) is 3.11. The highest BCUT2D eigenvalue weighted by Gasteiger charge is 2.40. The summed E-state index contributed by atoms with van der Waals surface area (Å²) >= 11 is 0. The molecule has 1 atom stereocenters. The number of hydrogen-bond donors (Lipinski definition) is 3. The van der Waals surface area contributed by atoms with E-state index >= 15 is 0 Å². The van der Waals surface area contributed by atoms with Gasteiger partial charge in [0.15, 0.2) is 0 Å². The van der Waals surface area contributed by atoms with Gasteiger partial charge in [0.1, 0.15) is 5.54 Å². The van der Waals surface area contributed by atoms with E-state index in [0.29, 0.717) is 12.8 Å². The van der Waals surface area contributed by atoms with Gasteiger partial charge < -0.3 is 16.0 Å². The lowest BCUT2D eigenvalue weighted by molar-refractivity contribution is -0.128. The molecular weight excluding hydrogens is 302 g/mol. The van der Waals surface area contributed by atoms with E-state index in [1.165, 1.54) is 5.56 Å².